The predicted octanol–water partition coefficient (Wildman–Crippen LogP) is 5.81. The molecule has 1 amide bonds. The van der Waals surface area contributed by atoms with Crippen LogP contribution in [0.3, 0.4) is 0 Å². The SMILES string of the molecule is O=C(c1ccc([N+](=O)[O-])cc1Cl)N1Cc2ccc(C(=O)C(Cl)(Cl)Cl)n2Cc2ccccc21. The molecule has 32 heavy (non-hydrogen) atoms. The first-order valence-electron chi connectivity index (χ1n) is 9.21. The number of non-ortho nitro benzene ring substituents is 1. The number of hydrogen-bond acceptors (Lipinski definition) is 4. The van der Waals surface area contributed by atoms with E-state index in [0.717, 1.165) is 11.6 Å². The van der Waals surface area contributed by atoms with Crippen molar-refractivity contribution < 1.29 is 14.5 Å². The van der Waals surface area contributed by atoms with Crippen molar-refractivity contribution >= 4 is 69.5 Å². The molecule has 0 atom stereocenters. The molecule has 7 nitrogen and oxygen atoms in total. The average molecular weight is 513 g/mol. The van der Waals surface area contributed by atoms with Gasteiger partial charge in [0.1, 0.15) is 0 Å². The first kappa shape index (κ1) is 22.6. The topological polar surface area (TPSA) is 85.4 Å². The van der Waals surface area contributed by atoms with E-state index in [1.54, 1.807) is 28.8 Å². The minimum absolute atomic E-state index is 0.0339. The Morgan fingerprint density at radius 3 is 2.38 bits per heavy atom. The molecule has 0 spiro atoms. The molecule has 3 aromatic rings. The van der Waals surface area contributed by atoms with Gasteiger partial charge in [0.2, 0.25) is 5.78 Å². The highest BCUT2D eigenvalue weighted by Crippen LogP contribution is 2.35. The Morgan fingerprint density at radius 1 is 1.00 bits per heavy atom. The van der Waals surface area contributed by atoms with Crippen LogP contribution in [0.25, 0.3) is 0 Å². The van der Waals surface area contributed by atoms with Gasteiger partial charge in [0, 0.05) is 23.5 Å². The molecule has 0 bridgehead atoms. The second-order valence-electron chi connectivity index (χ2n) is 7.06. The number of nitro benzene ring substituents is 1. The minimum atomic E-state index is -2.12. The largest absolute Gasteiger partial charge is 0.336 e. The highest BCUT2D eigenvalue weighted by molar-refractivity contribution is 6.77. The van der Waals surface area contributed by atoms with Crippen LogP contribution < -0.4 is 4.90 Å². The number of aromatic nitrogens is 1. The van der Waals surface area contributed by atoms with Gasteiger partial charge >= 0.3 is 0 Å². The molecule has 0 saturated heterocycles. The first-order valence-corrected chi connectivity index (χ1v) is 10.7. The van der Waals surface area contributed by atoms with Crippen molar-refractivity contribution in [2.75, 3.05) is 4.90 Å². The van der Waals surface area contributed by atoms with Gasteiger partial charge in [-0.1, -0.05) is 64.6 Å². The van der Waals surface area contributed by atoms with Crippen LogP contribution in [0.15, 0.2) is 54.6 Å². The monoisotopic (exact) mass is 511 g/mol. The summed E-state index contributed by atoms with van der Waals surface area (Å²) in [6.07, 6.45) is 0. The minimum Gasteiger partial charge on any atom is -0.336 e. The normalized spacial score (nSPS) is 13.2. The quantitative estimate of drug-likeness (QED) is 0.192. The summed E-state index contributed by atoms with van der Waals surface area (Å²) in [5, 5.41) is 11.0. The van der Waals surface area contributed by atoms with Crippen molar-refractivity contribution in [3.8, 4) is 0 Å². The van der Waals surface area contributed by atoms with E-state index in [0.29, 0.717) is 11.4 Å². The number of halogens is 4. The zero-order valence-corrected chi connectivity index (χ0v) is 19.1. The number of Topliss-reactive ketones (excluding diaryl/α,β-unsaturated/α-hetero) is 1. The van der Waals surface area contributed by atoms with Crippen molar-refractivity contribution in [1.29, 1.82) is 0 Å². The van der Waals surface area contributed by atoms with Crippen LogP contribution in [0.2, 0.25) is 5.02 Å². The van der Waals surface area contributed by atoms with E-state index in [-0.39, 0.29) is 35.1 Å². The number of anilines is 1. The summed E-state index contributed by atoms with van der Waals surface area (Å²) in [6, 6.07) is 14.1. The number of carbonyl (C=O) groups excluding carboxylic acids is 2. The first-order chi connectivity index (χ1) is 15.1. The van der Waals surface area contributed by atoms with Crippen LogP contribution in [-0.2, 0) is 13.1 Å². The standard InChI is InChI=1S/C21H13Cl4N3O4/c22-16-9-13(28(31)32)5-7-15(16)20(30)27-11-14-6-8-18(19(29)21(23,24)25)26(14)10-12-3-1-2-4-17(12)27/h1-9H,10-11H2. The number of nitrogens with zero attached hydrogens (tertiary/aromatic N) is 3. The van der Waals surface area contributed by atoms with E-state index in [9.17, 15) is 19.7 Å². The molecule has 0 radical (unpaired) electrons. The third-order valence-corrected chi connectivity index (χ3v) is 5.96. The third kappa shape index (κ3) is 4.09. The summed E-state index contributed by atoms with van der Waals surface area (Å²) in [4.78, 5) is 38.0. The number of nitro groups is 1. The molecular formula is C21H13Cl4N3O4. The maximum atomic E-state index is 13.5. The molecule has 1 aliphatic heterocycles. The fourth-order valence-electron chi connectivity index (χ4n) is 3.62. The zero-order valence-electron chi connectivity index (χ0n) is 16.1. The van der Waals surface area contributed by atoms with E-state index in [2.05, 4.69) is 0 Å². The van der Waals surface area contributed by atoms with Gasteiger partial charge in [-0.3, -0.25) is 19.7 Å². The van der Waals surface area contributed by atoms with Crippen LogP contribution in [0, 0.1) is 10.1 Å². The lowest BCUT2D eigenvalue weighted by Crippen LogP contribution is -2.31. The van der Waals surface area contributed by atoms with E-state index < -0.39 is 20.4 Å². The number of carbonyl (C=O) groups is 2. The highest BCUT2D eigenvalue weighted by atomic mass is 35.6. The molecule has 0 saturated carbocycles. The van der Waals surface area contributed by atoms with Gasteiger partial charge in [0.15, 0.2) is 0 Å². The van der Waals surface area contributed by atoms with Gasteiger partial charge in [-0.25, -0.2) is 0 Å². The van der Waals surface area contributed by atoms with Gasteiger partial charge in [-0.15, -0.1) is 0 Å². The molecule has 0 fully saturated rings. The Labute approximate surface area is 202 Å². The van der Waals surface area contributed by atoms with Crippen molar-refractivity contribution in [3.05, 3.63) is 92.2 Å². The van der Waals surface area contributed by atoms with Crippen LogP contribution in [0.4, 0.5) is 11.4 Å². The lowest BCUT2D eigenvalue weighted by atomic mass is 10.1. The summed E-state index contributed by atoms with van der Waals surface area (Å²) in [5.41, 5.74) is 2.12. The number of benzene rings is 2. The molecule has 11 heteroatoms. The molecule has 0 aliphatic carbocycles. The van der Waals surface area contributed by atoms with Gasteiger partial charge in [-0.2, -0.15) is 0 Å². The van der Waals surface area contributed by atoms with E-state index in [1.807, 2.05) is 12.1 Å². The summed E-state index contributed by atoms with van der Waals surface area (Å²) in [7, 11) is 0. The lowest BCUT2D eigenvalue weighted by Gasteiger charge is -2.23. The van der Waals surface area contributed by atoms with Crippen LogP contribution in [0.1, 0.15) is 32.1 Å². The molecule has 2 aromatic carbocycles. The fourth-order valence-corrected chi connectivity index (χ4v) is 4.17. The third-order valence-electron chi connectivity index (χ3n) is 5.13. The summed E-state index contributed by atoms with van der Waals surface area (Å²) in [5.74, 6) is -1.12. The Hall–Kier alpha value is -2.58. The average Bonchev–Trinajstić information content (AvgIpc) is 3.04. The molecular weight excluding hydrogens is 500 g/mol. The Morgan fingerprint density at radius 2 is 1.72 bits per heavy atom. The predicted molar refractivity (Wildman–Crippen MR) is 123 cm³/mol. The Balaban J connectivity index is 1.80. The summed E-state index contributed by atoms with van der Waals surface area (Å²) >= 11 is 23.6. The summed E-state index contributed by atoms with van der Waals surface area (Å²) < 4.78 is -0.420. The maximum Gasteiger partial charge on any atom is 0.270 e. The molecule has 164 valence electrons. The lowest BCUT2D eigenvalue weighted by molar-refractivity contribution is -0.384. The molecule has 0 N–H and O–H groups in total. The molecule has 0 unspecified atom stereocenters. The Bertz CT molecular complexity index is 1270. The number of ketones is 1. The van der Waals surface area contributed by atoms with Gasteiger partial charge in [0.25, 0.3) is 15.4 Å². The van der Waals surface area contributed by atoms with Gasteiger partial charge in [-0.05, 0) is 29.8 Å². The zero-order chi connectivity index (χ0) is 23.2. The highest BCUT2D eigenvalue weighted by Gasteiger charge is 2.36. The van der Waals surface area contributed by atoms with Crippen molar-refractivity contribution in [3.63, 3.8) is 0 Å². The number of para-hydroxylation sites is 1. The number of hydrogen-bond donors (Lipinski definition) is 0. The summed E-state index contributed by atoms with van der Waals surface area (Å²) in [6.45, 7) is 0.383. The van der Waals surface area contributed by atoms with Crippen LogP contribution in [-0.4, -0.2) is 25.0 Å². The molecule has 1 aliphatic rings. The Kier molecular flexibility index (Phi) is 5.94. The number of amides is 1. The number of rotatable bonds is 3. The van der Waals surface area contributed by atoms with Gasteiger partial charge < -0.3 is 9.47 Å². The van der Waals surface area contributed by atoms with E-state index in [4.69, 9.17) is 46.4 Å². The molecule has 1 aromatic heterocycles. The van der Waals surface area contributed by atoms with E-state index in [1.165, 1.54) is 17.0 Å². The second kappa shape index (κ2) is 8.41. The molecule has 2 heterocycles. The number of fused-ring (bicyclic) bond motifs is 2. The van der Waals surface area contributed by atoms with Crippen LogP contribution >= 0.6 is 46.4 Å². The fraction of sp³-hybridized carbons (Fsp3) is 0.143. The van der Waals surface area contributed by atoms with Gasteiger partial charge in [0.05, 0.1) is 34.3 Å². The van der Waals surface area contributed by atoms with Crippen molar-refractivity contribution in [2.45, 2.75) is 16.9 Å². The van der Waals surface area contributed by atoms with Crippen molar-refractivity contribution in [1.82, 2.24) is 4.57 Å². The number of alkyl halides is 3. The smallest absolute Gasteiger partial charge is 0.270 e. The van der Waals surface area contributed by atoms with Crippen LogP contribution in [0.5, 0.6) is 0 Å². The second-order valence-corrected chi connectivity index (χ2v) is 9.75. The van der Waals surface area contributed by atoms with Crippen molar-refractivity contribution in [2.24, 2.45) is 0 Å². The van der Waals surface area contributed by atoms with E-state index >= 15 is 0 Å². The molecule has 4 rings (SSSR count). The maximum absolute atomic E-state index is 13.5.